The van der Waals surface area contributed by atoms with Crippen LogP contribution in [0.25, 0.3) is 0 Å². The number of esters is 1. The van der Waals surface area contributed by atoms with E-state index >= 15 is 0 Å². The molecule has 0 aromatic rings. The van der Waals surface area contributed by atoms with Crippen LogP contribution in [0.3, 0.4) is 0 Å². The van der Waals surface area contributed by atoms with Crippen LogP contribution in [0.2, 0.25) is 0 Å². The molecule has 1 unspecified atom stereocenters. The van der Waals surface area contributed by atoms with Gasteiger partial charge in [-0.3, -0.25) is 4.79 Å². The van der Waals surface area contributed by atoms with Crippen molar-refractivity contribution in [3.63, 3.8) is 0 Å². The first-order chi connectivity index (χ1) is 9.05. The maximum absolute atomic E-state index is 11.8. The minimum Gasteiger partial charge on any atom is -0.462 e. The summed E-state index contributed by atoms with van der Waals surface area (Å²) < 4.78 is 28.4. The van der Waals surface area contributed by atoms with Crippen molar-refractivity contribution < 1.29 is 17.9 Å². The summed E-state index contributed by atoms with van der Waals surface area (Å²) in [5.74, 6) is -0.0463. The van der Waals surface area contributed by atoms with E-state index in [4.69, 9.17) is 4.74 Å². The molecule has 1 N–H and O–H groups in total. The van der Waals surface area contributed by atoms with Gasteiger partial charge in [0.25, 0.3) is 0 Å². The van der Waals surface area contributed by atoms with E-state index in [2.05, 4.69) is 5.32 Å². The number of nitrogens with one attached hydrogen (secondary N) is 1. The molecule has 0 aromatic heterocycles. The summed E-state index contributed by atoms with van der Waals surface area (Å²) in [7, 11) is -2.99. The predicted molar refractivity (Wildman–Crippen MR) is 72.6 cm³/mol. The van der Waals surface area contributed by atoms with E-state index in [1.54, 1.807) is 0 Å². The van der Waals surface area contributed by atoms with Gasteiger partial charge in [-0.1, -0.05) is 12.8 Å². The Hall–Kier alpha value is -0.620. The number of hydrogen-bond donors (Lipinski definition) is 1. The number of rotatable bonds is 3. The molecule has 6 heteroatoms. The van der Waals surface area contributed by atoms with E-state index < -0.39 is 9.84 Å². The van der Waals surface area contributed by atoms with Crippen LogP contribution in [0.5, 0.6) is 0 Å². The van der Waals surface area contributed by atoms with Crippen molar-refractivity contribution in [2.75, 3.05) is 18.1 Å². The first kappa shape index (κ1) is 14.8. The molecule has 1 saturated heterocycles. The minimum atomic E-state index is -2.99. The number of carbonyl (C=O) groups excluding carboxylic acids is 1. The Morgan fingerprint density at radius 3 is 2.47 bits per heavy atom. The highest BCUT2D eigenvalue weighted by Gasteiger charge is 2.27. The van der Waals surface area contributed by atoms with Gasteiger partial charge in [-0.15, -0.1) is 0 Å². The van der Waals surface area contributed by atoms with Gasteiger partial charge in [-0.05, 0) is 25.7 Å². The molecule has 1 aliphatic carbocycles. The van der Waals surface area contributed by atoms with E-state index in [1.165, 1.54) is 12.8 Å². The molecule has 0 aromatic carbocycles. The Bertz CT molecular complexity index is 399. The van der Waals surface area contributed by atoms with E-state index in [0.717, 1.165) is 25.7 Å². The summed E-state index contributed by atoms with van der Waals surface area (Å²) in [6.45, 7) is 0.434. The lowest BCUT2D eigenvalue weighted by molar-refractivity contribution is -0.150. The molecular weight excluding hydrogens is 266 g/mol. The molecule has 1 heterocycles. The lowest BCUT2D eigenvalue weighted by Gasteiger charge is -2.24. The van der Waals surface area contributed by atoms with Gasteiger partial charge < -0.3 is 10.1 Å². The standard InChI is InChI=1S/C13H23NO4S/c15-13(18-12-5-3-1-2-4-6-12)9-11-10-19(16,17)8-7-14-11/h11-12,14H,1-10H2. The van der Waals surface area contributed by atoms with Gasteiger partial charge in [0.05, 0.1) is 17.9 Å². The van der Waals surface area contributed by atoms with Crippen LogP contribution in [0.4, 0.5) is 0 Å². The molecule has 5 nitrogen and oxygen atoms in total. The number of ether oxygens (including phenoxy) is 1. The lowest BCUT2D eigenvalue weighted by Crippen LogP contribution is -2.46. The van der Waals surface area contributed by atoms with Crippen molar-refractivity contribution in [1.29, 1.82) is 0 Å². The van der Waals surface area contributed by atoms with Crippen LogP contribution in [0.15, 0.2) is 0 Å². The van der Waals surface area contributed by atoms with Gasteiger partial charge in [-0.25, -0.2) is 8.42 Å². The monoisotopic (exact) mass is 289 g/mol. The van der Waals surface area contributed by atoms with Crippen molar-refractivity contribution in [2.45, 2.75) is 57.1 Å². The van der Waals surface area contributed by atoms with Crippen LogP contribution >= 0.6 is 0 Å². The molecule has 2 aliphatic rings. The van der Waals surface area contributed by atoms with E-state index in [9.17, 15) is 13.2 Å². The zero-order valence-electron chi connectivity index (χ0n) is 11.3. The zero-order valence-corrected chi connectivity index (χ0v) is 12.1. The molecule has 0 bridgehead atoms. The summed E-state index contributed by atoms with van der Waals surface area (Å²) in [6.07, 6.45) is 6.77. The summed E-state index contributed by atoms with van der Waals surface area (Å²) in [6, 6.07) is -0.281. The second kappa shape index (κ2) is 6.70. The third-order valence-corrected chi connectivity index (χ3v) is 5.55. The van der Waals surface area contributed by atoms with Gasteiger partial charge in [-0.2, -0.15) is 0 Å². The van der Waals surface area contributed by atoms with E-state index in [0.29, 0.717) is 6.54 Å². The van der Waals surface area contributed by atoms with E-state index in [1.807, 2.05) is 0 Å². The van der Waals surface area contributed by atoms with Crippen LogP contribution in [-0.4, -0.2) is 44.6 Å². The summed E-state index contributed by atoms with van der Waals surface area (Å²) in [4.78, 5) is 11.8. The molecule has 110 valence electrons. The highest BCUT2D eigenvalue weighted by molar-refractivity contribution is 7.91. The lowest BCUT2D eigenvalue weighted by atomic mass is 10.1. The average molecular weight is 289 g/mol. The molecule has 1 aliphatic heterocycles. The van der Waals surface area contributed by atoms with Crippen molar-refractivity contribution in [3.8, 4) is 0 Å². The normalized spacial score (nSPS) is 28.5. The van der Waals surface area contributed by atoms with Crippen LogP contribution in [0.1, 0.15) is 44.9 Å². The fourth-order valence-electron chi connectivity index (χ4n) is 2.79. The Balaban J connectivity index is 1.77. The van der Waals surface area contributed by atoms with Gasteiger partial charge in [0, 0.05) is 12.6 Å². The Morgan fingerprint density at radius 2 is 1.84 bits per heavy atom. The van der Waals surface area contributed by atoms with Crippen molar-refractivity contribution >= 4 is 15.8 Å². The fourth-order valence-corrected chi connectivity index (χ4v) is 4.24. The molecule has 0 amide bonds. The quantitative estimate of drug-likeness (QED) is 0.620. The topological polar surface area (TPSA) is 72.5 Å². The maximum Gasteiger partial charge on any atom is 0.307 e. The number of sulfone groups is 1. The third-order valence-electron chi connectivity index (χ3n) is 3.81. The average Bonchev–Trinajstić information content (AvgIpc) is 2.56. The van der Waals surface area contributed by atoms with Crippen molar-refractivity contribution in [1.82, 2.24) is 5.32 Å². The molecule has 2 rings (SSSR count). The molecular formula is C13H23NO4S. The second-order valence-electron chi connectivity index (χ2n) is 5.57. The first-order valence-electron chi connectivity index (χ1n) is 7.18. The number of carbonyl (C=O) groups is 1. The smallest absolute Gasteiger partial charge is 0.307 e. The van der Waals surface area contributed by atoms with Crippen LogP contribution < -0.4 is 5.32 Å². The maximum atomic E-state index is 11.8. The fraction of sp³-hybridized carbons (Fsp3) is 0.923. The zero-order chi connectivity index (χ0) is 13.7. The van der Waals surface area contributed by atoms with Gasteiger partial charge in [0.1, 0.15) is 6.10 Å². The number of hydrogen-bond acceptors (Lipinski definition) is 5. The Labute approximate surface area is 115 Å². The second-order valence-corrected chi connectivity index (χ2v) is 7.80. The molecule has 1 atom stereocenters. The van der Waals surface area contributed by atoms with Crippen molar-refractivity contribution in [3.05, 3.63) is 0 Å². The van der Waals surface area contributed by atoms with Gasteiger partial charge in [0.15, 0.2) is 9.84 Å². The predicted octanol–water partition coefficient (Wildman–Crippen LogP) is 1.03. The molecule has 1 saturated carbocycles. The SMILES string of the molecule is O=C(CC1CS(=O)(=O)CCN1)OC1CCCCCC1. The molecule has 0 spiro atoms. The third kappa shape index (κ3) is 5.10. The highest BCUT2D eigenvalue weighted by Crippen LogP contribution is 2.20. The highest BCUT2D eigenvalue weighted by atomic mass is 32.2. The van der Waals surface area contributed by atoms with Crippen LogP contribution in [0, 0.1) is 0 Å². The van der Waals surface area contributed by atoms with Crippen molar-refractivity contribution in [2.24, 2.45) is 0 Å². The Morgan fingerprint density at radius 1 is 1.16 bits per heavy atom. The summed E-state index contributed by atoms with van der Waals surface area (Å²) in [5.41, 5.74) is 0. The van der Waals surface area contributed by atoms with Gasteiger partial charge in [0.2, 0.25) is 0 Å². The molecule has 0 radical (unpaired) electrons. The molecule has 2 fully saturated rings. The first-order valence-corrected chi connectivity index (χ1v) is 9.00. The van der Waals surface area contributed by atoms with Crippen LogP contribution in [-0.2, 0) is 19.4 Å². The van der Waals surface area contributed by atoms with Gasteiger partial charge >= 0.3 is 5.97 Å². The summed E-state index contributed by atoms with van der Waals surface area (Å²) in [5, 5.41) is 3.08. The molecule has 19 heavy (non-hydrogen) atoms. The summed E-state index contributed by atoms with van der Waals surface area (Å²) >= 11 is 0. The van der Waals surface area contributed by atoms with E-state index in [-0.39, 0.29) is 36.0 Å². The minimum absolute atomic E-state index is 0.0372. The largest absolute Gasteiger partial charge is 0.462 e. The Kier molecular flexibility index (Phi) is 5.21.